The van der Waals surface area contributed by atoms with Crippen LogP contribution in [0, 0.1) is 6.92 Å². The molecule has 4 aromatic carbocycles. The number of hydrogen-bond acceptors (Lipinski definition) is 1. The van der Waals surface area contributed by atoms with Crippen molar-refractivity contribution in [3.63, 3.8) is 0 Å². The molecule has 0 bridgehead atoms. The summed E-state index contributed by atoms with van der Waals surface area (Å²) in [5.74, 6) is 0. The van der Waals surface area contributed by atoms with Crippen LogP contribution in [0.2, 0.25) is 0 Å². The van der Waals surface area contributed by atoms with Gasteiger partial charge in [0.1, 0.15) is 0 Å². The molecule has 0 saturated carbocycles. The van der Waals surface area contributed by atoms with Crippen LogP contribution in [0.5, 0.6) is 0 Å². The molecule has 0 spiro atoms. The van der Waals surface area contributed by atoms with Crippen LogP contribution in [0.1, 0.15) is 19.4 Å². The number of aryl methyl sites for hydroxylation is 1. The van der Waals surface area contributed by atoms with Crippen LogP contribution < -0.4 is 4.90 Å². The van der Waals surface area contributed by atoms with E-state index in [-0.39, 0.29) is 0 Å². The number of hydrogen-bond donors (Lipinski definition) is 0. The summed E-state index contributed by atoms with van der Waals surface area (Å²) in [5, 5.41) is 0. The van der Waals surface area contributed by atoms with E-state index in [1.165, 1.54) is 16.7 Å². The highest BCUT2D eigenvalue weighted by atomic mass is 15.1. The Kier molecular flexibility index (Phi) is 6.64. The average Bonchev–Trinajstić information content (AvgIpc) is 2.78. The lowest BCUT2D eigenvalue weighted by Gasteiger charge is -2.25. The Morgan fingerprint density at radius 1 is 0.429 bits per heavy atom. The number of nitrogens with zero attached hydrogens (tertiary/aromatic N) is 1. The lowest BCUT2D eigenvalue weighted by Crippen LogP contribution is -2.09. The predicted molar refractivity (Wildman–Crippen MR) is 123 cm³/mol. The Morgan fingerprint density at radius 3 is 1.21 bits per heavy atom. The highest BCUT2D eigenvalue weighted by molar-refractivity contribution is 5.78. The summed E-state index contributed by atoms with van der Waals surface area (Å²) in [5.41, 5.74) is 7.22. The zero-order valence-corrected chi connectivity index (χ0v) is 16.8. The fourth-order valence-electron chi connectivity index (χ4n) is 3.15. The van der Waals surface area contributed by atoms with Crippen molar-refractivity contribution in [3.05, 3.63) is 115 Å². The van der Waals surface area contributed by atoms with Crippen molar-refractivity contribution in [2.45, 2.75) is 20.8 Å². The topological polar surface area (TPSA) is 3.24 Å². The molecule has 0 aliphatic heterocycles. The van der Waals surface area contributed by atoms with Gasteiger partial charge in [0.2, 0.25) is 0 Å². The zero-order chi connectivity index (χ0) is 19.8. The van der Waals surface area contributed by atoms with Gasteiger partial charge in [-0.2, -0.15) is 0 Å². The van der Waals surface area contributed by atoms with Crippen molar-refractivity contribution < 1.29 is 0 Å². The minimum Gasteiger partial charge on any atom is -0.311 e. The van der Waals surface area contributed by atoms with E-state index in [1.807, 2.05) is 26.0 Å². The summed E-state index contributed by atoms with van der Waals surface area (Å²) in [6, 6.07) is 38.4. The van der Waals surface area contributed by atoms with Gasteiger partial charge in [0.15, 0.2) is 0 Å². The molecular weight excluding hydrogens is 338 g/mol. The van der Waals surface area contributed by atoms with Crippen molar-refractivity contribution in [2.75, 3.05) is 4.90 Å². The first-order valence-corrected chi connectivity index (χ1v) is 9.88. The Balaban J connectivity index is 0.00000109. The van der Waals surface area contributed by atoms with Crippen LogP contribution in [0.4, 0.5) is 17.1 Å². The molecule has 0 N–H and O–H groups in total. The lowest BCUT2D eigenvalue weighted by molar-refractivity contribution is 1.28. The summed E-state index contributed by atoms with van der Waals surface area (Å²) < 4.78 is 0. The molecule has 140 valence electrons. The fraction of sp³-hybridized carbons (Fsp3) is 0.111. The van der Waals surface area contributed by atoms with E-state index < -0.39 is 0 Å². The van der Waals surface area contributed by atoms with E-state index >= 15 is 0 Å². The SMILES string of the molecule is CC.Cc1ccc(-c2ccc(N(c3ccccc3)c3ccccc3)cc2)cc1. The van der Waals surface area contributed by atoms with E-state index in [0.717, 1.165) is 17.1 Å². The lowest BCUT2D eigenvalue weighted by atomic mass is 10.0. The van der Waals surface area contributed by atoms with E-state index in [9.17, 15) is 0 Å². The summed E-state index contributed by atoms with van der Waals surface area (Å²) in [6.07, 6.45) is 0. The summed E-state index contributed by atoms with van der Waals surface area (Å²) in [4.78, 5) is 2.28. The maximum atomic E-state index is 2.28. The molecule has 0 atom stereocenters. The Morgan fingerprint density at radius 2 is 0.786 bits per heavy atom. The molecule has 0 unspecified atom stereocenters. The number of para-hydroxylation sites is 2. The Bertz CT molecular complexity index is 917. The summed E-state index contributed by atoms with van der Waals surface area (Å²) in [6.45, 7) is 6.12. The molecule has 0 heterocycles. The first-order valence-electron chi connectivity index (χ1n) is 9.88. The third-order valence-corrected chi connectivity index (χ3v) is 4.54. The highest BCUT2D eigenvalue weighted by Gasteiger charge is 2.11. The van der Waals surface area contributed by atoms with Gasteiger partial charge in [-0.3, -0.25) is 0 Å². The van der Waals surface area contributed by atoms with E-state index in [2.05, 4.69) is 109 Å². The standard InChI is InChI=1S/C25H21N.C2H6/c1-20-12-14-21(15-13-20)22-16-18-25(19-17-22)26(23-8-4-2-5-9-23)24-10-6-3-7-11-24;1-2/h2-19H,1H3;1-2H3. The second-order valence-corrected chi connectivity index (χ2v) is 6.42. The first-order chi connectivity index (χ1) is 13.8. The Labute approximate surface area is 168 Å². The van der Waals surface area contributed by atoms with Gasteiger partial charge >= 0.3 is 0 Å². The molecule has 4 aromatic rings. The predicted octanol–water partition coefficient (Wildman–Crippen LogP) is 8.16. The quantitative estimate of drug-likeness (QED) is 0.352. The number of anilines is 3. The van der Waals surface area contributed by atoms with Gasteiger partial charge in [-0.25, -0.2) is 0 Å². The number of rotatable bonds is 4. The van der Waals surface area contributed by atoms with Crippen molar-refractivity contribution in [2.24, 2.45) is 0 Å². The normalized spacial score (nSPS) is 9.96. The minimum absolute atomic E-state index is 1.15. The Hall–Kier alpha value is -3.32. The van der Waals surface area contributed by atoms with Gasteiger partial charge in [0.25, 0.3) is 0 Å². The van der Waals surface area contributed by atoms with Crippen LogP contribution in [-0.4, -0.2) is 0 Å². The van der Waals surface area contributed by atoms with Crippen molar-refractivity contribution in [1.29, 1.82) is 0 Å². The van der Waals surface area contributed by atoms with Gasteiger partial charge < -0.3 is 4.90 Å². The zero-order valence-electron chi connectivity index (χ0n) is 16.8. The van der Waals surface area contributed by atoms with Crippen molar-refractivity contribution in [3.8, 4) is 11.1 Å². The molecule has 0 amide bonds. The summed E-state index contributed by atoms with van der Waals surface area (Å²) in [7, 11) is 0. The molecule has 0 aliphatic carbocycles. The monoisotopic (exact) mass is 365 g/mol. The first kappa shape index (κ1) is 19.4. The minimum atomic E-state index is 1.15. The molecule has 0 saturated heterocycles. The van der Waals surface area contributed by atoms with Crippen molar-refractivity contribution >= 4 is 17.1 Å². The molecule has 0 aliphatic rings. The molecule has 1 heteroatoms. The summed E-state index contributed by atoms with van der Waals surface area (Å²) >= 11 is 0. The molecule has 4 rings (SSSR count). The van der Waals surface area contributed by atoms with Gasteiger partial charge in [-0.05, 0) is 54.4 Å². The van der Waals surface area contributed by atoms with Crippen LogP contribution in [-0.2, 0) is 0 Å². The maximum Gasteiger partial charge on any atom is 0.0462 e. The highest BCUT2D eigenvalue weighted by Crippen LogP contribution is 2.35. The van der Waals surface area contributed by atoms with Crippen LogP contribution >= 0.6 is 0 Å². The molecule has 0 fully saturated rings. The molecular formula is C27H27N. The van der Waals surface area contributed by atoms with Crippen LogP contribution in [0.25, 0.3) is 11.1 Å². The number of benzene rings is 4. The van der Waals surface area contributed by atoms with Gasteiger partial charge in [0, 0.05) is 17.1 Å². The largest absolute Gasteiger partial charge is 0.311 e. The van der Waals surface area contributed by atoms with Gasteiger partial charge in [0.05, 0.1) is 0 Å². The van der Waals surface area contributed by atoms with Crippen LogP contribution in [0.15, 0.2) is 109 Å². The van der Waals surface area contributed by atoms with E-state index in [1.54, 1.807) is 0 Å². The van der Waals surface area contributed by atoms with Crippen LogP contribution in [0.3, 0.4) is 0 Å². The molecule has 0 radical (unpaired) electrons. The average molecular weight is 366 g/mol. The molecule has 0 aromatic heterocycles. The molecule has 1 nitrogen and oxygen atoms in total. The van der Waals surface area contributed by atoms with E-state index in [4.69, 9.17) is 0 Å². The second-order valence-electron chi connectivity index (χ2n) is 6.42. The third kappa shape index (κ3) is 4.50. The maximum absolute atomic E-state index is 2.28. The third-order valence-electron chi connectivity index (χ3n) is 4.54. The smallest absolute Gasteiger partial charge is 0.0462 e. The molecule has 28 heavy (non-hydrogen) atoms. The second kappa shape index (κ2) is 9.57. The van der Waals surface area contributed by atoms with Gasteiger partial charge in [-0.15, -0.1) is 0 Å². The fourth-order valence-corrected chi connectivity index (χ4v) is 3.15. The van der Waals surface area contributed by atoms with E-state index in [0.29, 0.717) is 0 Å². The van der Waals surface area contributed by atoms with Crippen molar-refractivity contribution in [1.82, 2.24) is 0 Å². The van der Waals surface area contributed by atoms with Gasteiger partial charge in [-0.1, -0.05) is 92.2 Å².